The smallest absolute Gasteiger partial charge is 0.335 e. The van der Waals surface area contributed by atoms with Crippen molar-refractivity contribution in [2.45, 2.75) is 57.8 Å². The molecule has 5 heteroatoms. The van der Waals surface area contributed by atoms with E-state index >= 15 is 0 Å². The summed E-state index contributed by atoms with van der Waals surface area (Å²) in [7, 11) is 0. The fraction of sp³-hybridized carbons (Fsp3) is 0.579. The zero-order chi connectivity index (χ0) is 17.2. The number of amides is 1. The van der Waals surface area contributed by atoms with Crippen molar-refractivity contribution < 1.29 is 14.7 Å². The van der Waals surface area contributed by atoms with Gasteiger partial charge in [-0.15, -0.1) is 0 Å². The van der Waals surface area contributed by atoms with Crippen LogP contribution in [0.4, 0.5) is 5.69 Å². The van der Waals surface area contributed by atoms with Gasteiger partial charge in [0.05, 0.1) is 5.56 Å². The van der Waals surface area contributed by atoms with Gasteiger partial charge in [0.25, 0.3) is 0 Å². The number of nitrogens with one attached hydrogen (secondary N) is 1. The number of benzene rings is 1. The molecule has 2 N–H and O–H groups in total. The number of anilines is 1. The number of carboxylic acids is 1. The summed E-state index contributed by atoms with van der Waals surface area (Å²) in [6, 6.07) is 4.84. The van der Waals surface area contributed by atoms with Crippen molar-refractivity contribution in [3.8, 4) is 0 Å². The van der Waals surface area contributed by atoms with E-state index in [-0.39, 0.29) is 16.9 Å². The monoisotopic (exact) mass is 393 g/mol. The van der Waals surface area contributed by atoms with Crippen LogP contribution in [0.2, 0.25) is 0 Å². The van der Waals surface area contributed by atoms with Gasteiger partial charge in [-0.05, 0) is 43.4 Å². The molecule has 2 aliphatic carbocycles. The first-order valence-electron chi connectivity index (χ1n) is 8.84. The predicted molar refractivity (Wildman–Crippen MR) is 97.2 cm³/mol. The fourth-order valence-corrected chi connectivity index (χ4v) is 4.88. The summed E-state index contributed by atoms with van der Waals surface area (Å²) in [5, 5.41) is 12.2. The number of carbonyl (C=O) groups excluding carboxylic acids is 1. The van der Waals surface area contributed by atoms with Gasteiger partial charge >= 0.3 is 5.97 Å². The maximum absolute atomic E-state index is 13.0. The highest BCUT2D eigenvalue weighted by molar-refractivity contribution is 9.10. The zero-order valence-electron chi connectivity index (χ0n) is 13.8. The van der Waals surface area contributed by atoms with Crippen LogP contribution < -0.4 is 5.32 Å². The topological polar surface area (TPSA) is 66.4 Å². The first-order valence-corrected chi connectivity index (χ1v) is 9.63. The van der Waals surface area contributed by atoms with Crippen molar-refractivity contribution in [3.05, 3.63) is 28.2 Å². The molecule has 0 radical (unpaired) electrons. The molecule has 0 unspecified atom stereocenters. The molecule has 0 heterocycles. The average molecular weight is 394 g/mol. The Bertz CT molecular complexity index is 631. The van der Waals surface area contributed by atoms with Crippen molar-refractivity contribution in [3.63, 3.8) is 0 Å². The molecule has 1 aromatic carbocycles. The van der Waals surface area contributed by atoms with Crippen LogP contribution in [0.3, 0.4) is 0 Å². The Kier molecular flexibility index (Phi) is 5.28. The van der Waals surface area contributed by atoms with E-state index in [0.717, 1.165) is 32.1 Å². The largest absolute Gasteiger partial charge is 0.478 e. The first kappa shape index (κ1) is 17.5. The van der Waals surface area contributed by atoms with E-state index in [1.165, 1.54) is 31.7 Å². The summed E-state index contributed by atoms with van der Waals surface area (Å²) in [6.07, 6.45) is 10.2. The lowest BCUT2D eigenvalue weighted by atomic mass is 9.76. The zero-order valence-corrected chi connectivity index (χ0v) is 15.4. The summed E-state index contributed by atoms with van der Waals surface area (Å²) < 4.78 is 0.661. The molecule has 130 valence electrons. The van der Waals surface area contributed by atoms with E-state index in [9.17, 15) is 14.7 Å². The van der Waals surface area contributed by atoms with Crippen LogP contribution in [0.25, 0.3) is 0 Å². The van der Waals surface area contributed by atoms with E-state index < -0.39 is 5.97 Å². The number of hydrogen-bond donors (Lipinski definition) is 2. The van der Waals surface area contributed by atoms with Crippen LogP contribution in [0.1, 0.15) is 68.1 Å². The number of hydrogen-bond acceptors (Lipinski definition) is 2. The third-order valence-electron chi connectivity index (χ3n) is 5.60. The third-order valence-corrected chi connectivity index (χ3v) is 6.06. The predicted octanol–water partition coefficient (Wildman–Crippen LogP) is 5.23. The number of rotatable bonds is 5. The second kappa shape index (κ2) is 7.26. The second-order valence-electron chi connectivity index (χ2n) is 7.33. The molecule has 1 aromatic rings. The molecule has 4 nitrogen and oxygen atoms in total. The van der Waals surface area contributed by atoms with E-state index in [1.807, 2.05) is 0 Å². The molecule has 1 amide bonds. The number of carboxylic acid groups (broad SMARTS) is 1. The van der Waals surface area contributed by atoms with Gasteiger partial charge in [0.15, 0.2) is 0 Å². The van der Waals surface area contributed by atoms with Gasteiger partial charge in [-0.3, -0.25) is 4.79 Å². The van der Waals surface area contributed by atoms with E-state index in [0.29, 0.717) is 16.1 Å². The minimum Gasteiger partial charge on any atom is -0.478 e. The van der Waals surface area contributed by atoms with Crippen LogP contribution in [0, 0.1) is 11.3 Å². The fourth-order valence-electron chi connectivity index (χ4n) is 4.39. The molecule has 0 aliphatic heterocycles. The molecule has 24 heavy (non-hydrogen) atoms. The van der Waals surface area contributed by atoms with Crippen molar-refractivity contribution >= 4 is 33.5 Å². The molecule has 0 saturated heterocycles. The number of carbonyl (C=O) groups is 2. The van der Waals surface area contributed by atoms with Gasteiger partial charge in [-0.1, -0.05) is 54.5 Å². The summed E-state index contributed by atoms with van der Waals surface area (Å²) in [5.74, 6) is -0.249. The lowest BCUT2D eigenvalue weighted by Crippen LogP contribution is -2.35. The Morgan fingerprint density at radius 1 is 1.12 bits per heavy atom. The van der Waals surface area contributed by atoms with Crippen LogP contribution in [0.5, 0.6) is 0 Å². The lowest BCUT2D eigenvalue weighted by molar-refractivity contribution is -0.126. The molecule has 0 aromatic heterocycles. The highest BCUT2D eigenvalue weighted by Gasteiger charge is 2.43. The summed E-state index contributed by atoms with van der Waals surface area (Å²) in [5.41, 5.74) is 0.473. The minimum atomic E-state index is -0.992. The van der Waals surface area contributed by atoms with Gasteiger partial charge in [-0.25, -0.2) is 4.79 Å². The quantitative estimate of drug-likeness (QED) is 0.719. The lowest BCUT2D eigenvalue weighted by Gasteiger charge is -2.30. The molecule has 0 atom stereocenters. The van der Waals surface area contributed by atoms with Crippen molar-refractivity contribution in [2.75, 3.05) is 5.32 Å². The molecule has 3 rings (SSSR count). The van der Waals surface area contributed by atoms with E-state index in [1.54, 1.807) is 12.1 Å². The Hall–Kier alpha value is -1.36. The first-order chi connectivity index (χ1) is 11.5. The maximum atomic E-state index is 13.0. The number of aromatic carboxylic acids is 1. The molecule has 0 bridgehead atoms. The Balaban J connectivity index is 1.77. The summed E-state index contributed by atoms with van der Waals surface area (Å²) >= 11 is 3.32. The van der Waals surface area contributed by atoms with Crippen LogP contribution in [-0.2, 0) is 4.79 Å². The van der Waals surface area contributed by atoms with Gasteiger partial charge in [0.1, 0.15) is 0 Å². The highest BCUT2D eigenvalue weighted by Crippen LogP contribution is 2.47. The van der Waals surface area contributed by atoms with E-state index in [2.05, 4.69) is 21.2 Å². The van der Waals surface area contributed by atoms with Gasteiger partial charge in [-0.2, -0.15) is 0 Å². The third kappa shape index (κ3) is 3.82. The van der Waals surface area contributed by atoms with Gasteiger partial charge in [0.2, 0.25) is 5.91 Å². The SMILES string of the molecule is O=C(O)c1cc(Br)cc(NC(=O)C2(CC3CCCC3)CCCC2)c1. The Morgan fingerprint density at radius 2 is 1.79 bits per heavy atom. The van der Waals surface area contributed by atoms with E-state index in [4.69, 9.17) is 0 Å². The summed E-state index contributed by atoms with van der Waals surface area (Å²) in [4.78, 5) is 24.3. The Labute approximate surface area is 151 Å². The molecular weight excluding hydrogens is 370 g/mol. The van der Waals surface area contributed by atoms with Crippen LogP contribution in [0.15, 0.2) is 22.7 Å². The second-order valence-corrected chi connectivity index (χ2v) is 8.25. The minimum absolute atomic E-state index is 0.0707. The molecule has 0 spiro atoms. The summed E-state index contributed by atoms with van der Waals surface area (Å²) in [6.45, 7) is 0. The van der Waals surface area contributed by atoms with Crippen molar-refractivity contribution in [1.82, 2.24) is 0 Å². The highest BCUT2D eigenvalue weighted by atomic mass is 79.9. The molecule has 2 fully saturated rings. The normalized spacial score (nSPS) is 20.2. The molecule has 2 saturated carbocycles. The standard InChI is InChI=1S/C19H24BrNO3/c20-15-9-14(17(22)23)10-16(11-15)21-18(24)19(7-3-4-8-19)12-13-5-1-2-6-13/h9-11,13H,1-8,12H2,(H,21,24)(H,22,23). The number of halogens is 1. The van der Waals surface area contributed by atoms with Crippen LogP contribution in [-0.4, -0.2) is 17.0 Å². The van der Waals surface area contributed by atoms with Gasteiger partial charge < -0.3 is 10.4 Å². The van der Waals surface area contributed by atoms with Crippen LogP contribution >= 0.6 is 15.9 Å². The van der Waals surface area contributed by atoms with Gasteiger partial charge in [0, 0.05) is 15.6 Å². The molecule has 2 aliphatic rings. The average Bonchev–Trinajstić information content (AvgIpc) is 3.19. The Morgan fingerprint density at radius 3 is 2.42 bits per heavy atom. The maximum Gasteiger partial charge on any atom is 0.335 e. The van der Waals surface area contributed by atoms with Crippen molar-refractivity contribution in [2.24, 2.45) is 11.3 Å². The van der Waals surface area contributed by atoms with Crippen molar-refractivity contribution in [1.29, 1.82) is 0 Å². The molecular formula is C19H24BrNO3.